The average Bonchev–Trinajstić information content (AvgIpc) is 2.71. The van der Waals surface area contributed by atoms with Crippen LogP contribution in [-0.4, -0.2) is 0 Å². The third-order valence-corrected chi connectivity index (χ3v) is 1.46. The maximum Gasteiger partial charge on any atom is 0.103 e. The summed E-state index contributed by atoms with van der Waals surface area (Å²) in [5, 5.41) is 8.46. The Morgan fingerprint density at radius 3 is 2.50 bits per heavy atom. The first-order valence-corrected chi connectivity index (χ1v) is 3.09. The van der Waals surface area contributed by atoms with Crippen LogP contribution in [0.1, 0.15) is 12.8 Å². The van der Waals surface area contributed by atoms with Crippen LogP contribution in [0.15, 0.2) is 23.0 Å². The first-order chi connectivity index (χ1) is 4.79. The van der Waals surface area contributed by atoms with Crippen LogP contribution in [-0.2, 0) is 0 Å². The molecule has 10 heavy (non-hydrogen) atoms. The maximum absolute atomic E-state index is 8.46. The first-order valence-electron chi connectivity index (χ1n) is 3.09. The fourth-order valence-corrected chi connectivity index (χ4v) is 0.710. The smallest absolute Gasteiger partial charge is 0.103 e. The molecule has 0 radical (unpaired) electrons. The highest BCUT2D eigenvalue weighted by Gasteiger charge is 2.17. The van der Waals surface area contributed by atoms with Gasteiger partial charge < -0.3 is 11.5 Å². The van der Waals surface area contributed by atoms with Crippen molar-refractivity contribution in [3.63, 3.8) is 0 Å². The van der Waals surface area contributed by atoms with E-state index in [1.54, 1.807) is 0 Å². The van der Waals surface area contributed by atoms with E-state index >= 15 is 0 Å². The summed E-state index contributed by atoms with van der Waals surface area (Å²) in [4.78, 5) is 0. The third kappa shape index (κ3) is 1.11. The van der Waals surface area contributed by atoms with Gasteiger partial charge in [-0.1, -0.05) is 0 Å². The predicted molar refractivity (Wildman–Crippen MR) is 38.3 cm³/mol. The van der Waals surface area contributed by atoms with Gasteiger partial charge in [-0.05, 0) is 18.4 Å². The molecule has 3 nitrogen and oxygen atoms in total. The molecular weight excluding hydrogens is 126 g/mol. The van der Waals surface area contributed by atoms with Gasteiger partial charge in [0.25, 0.3) is 0 Å². The molecule has 0 aliphatic heterocycles. The molecule has 1 fully saturated rings. The lowest BCUT2D eigenvalue weighted by Crippen LogP contribution is -2.01. The van der Waals surface area contributed by atoms with Crippen molar-refractivity contribution in [2.75, 3.05) is 0 Å². The van der Waals surface area contributed by atoms with E-state index < -0.39 is 0 Å². The zero-order chi connectivity index (χ0) is 7.56. The van der Waals surface area contributed by atoms with E-state index in [2.05, 4.69) is 0 Å². The van der Waals surface area contributed by atoms with Gasteiger partial charge in [-0.25, -0.2) is 0 Å². The Kier molecular flexibility index (Phi) is 1.63. The average molecular weight is 135 g/mol. The van der Waals surface area contributed by atoms with Crippen LogP contribution in [0.25, 0.3) is 0 Å². The normalized spacial score (nSPS) is 16.3. The van der Waals surface area contributed by atoms with Gasteiger partial charge in [-0.3, -0.25) is 0 Å². The first kappa shape index (κ1) is 6.69. The lowest BCUT2D eigenvalue weighted by Gasteiger charge is -1.93. The molecule has 0 atom stereocenters. The molecule has 52 valence electrons. The van der Waals surface area contributed by atoms with E-state index in [-0.39, 0.29) is 0 Å². The lowest BCUT2D eigenvalue weighted by atomic mass is 10.2. The number of hydrogen-bond acceptors (Lipinski definition) is 3. The molecule has 0 spiro atoms. The van der Waals surface area contributed by atoms with Crippen LogP contribution in [0.4, 0.5) is 0 Å². The SMILES string of the molecule is N#C/C(=C\N)C(N)=C1CC1. The summed E-state index contributed by atoms with van der Waals surface area (Å²) in [6.07, 6.45) is 3.29. The van der Waals surface area contributed by atoms with Crippen LogP contribution < -0.4 is 11.5 Å². The number of hydrogen-bond donors (Lipinski definition) is 2. The van der Waals surface area contributed by atoms with E-state index in [1.165, 1.54) is 6.20 Å². The van der Waals surface area contributed by atoms with Crippen molar-refractivity contribution in [2.45, 2.75) is 12.8 Å². The van der Waals surface area contributed by atoms with Gasteiger partial charge in [0, 0.05) is 6.20 Å². The van der Waals surface area contributed by atoms with Gasteiger partial charge in [0.1, 0.15) is 6.07 Å². The monoisotopic (exact) mass is 135 g/mol. The highest BCUT2D eigenvalue weighted by atomic mass is 14.6. The Hall–Kier alpha value is -1.43. The second kappa shape index (κ2) is 2.44. The minimum atomic E-state index is 0.396. The fraction of sp³-hybridized carbons (Fsp3) is 0.286. The molecule has 0 aromatic rings. The van der Waals surface area contributed by atoms with Gasteiger partial charge in [0.2, 0.25) is 0 Å². The van der Waals surface area contributed by atoms with Crippen LogP contribution in [0.5, 0.6) is 0 Å². The number of nitriles is 1. The molecule has 3 heteroatoms. The van der Waals surface area contributed by atoms with Gasteiger partial charge in [-0.15, -0.1) is 0 Å². The molecule has 4 N–H and O–H groups in total. The van der Waals surface area contributed by atoms with Crippen LogP contribution >= 0.6 is 0 Å². The summed E-state index contributed by atoms with van der Waals surface area (Å²) in [5.74, 6) is 0. The molecule has 0 amide bonds. The van der Waals surface area contributed by atoms with Crippen molar-refractivity contribution in [1.82, 2.24) is 0 Å². The molecule has 0 unspecified atom stereocenters. The number of allylic oxidation sites excluding steroid dienone is 2. The molecule has 1 aliphatic rings. The topological polar surface area (TPSA) is 75.8 Å². The van der Waals surface area contributed by atoms with E-state index in [9.17, 15) is 0 Å². The predicted octanol–water partition coefficient (Wildman–Crippen LogP) is 0.359. The molecule has 0 saturated heterocycles. The quantitative estimate of drug-likeness (QED) is 0.509. The third-order valence-electron chi connectivity index (χ3n) is 1.46. The lowest BCUT2D eigenvalue weighted by molar-refractivity contribution is 1.30. The van der Waals surface area contributed by atoms with Crippen LogP contribution in [0.2, 0.25) is 0 Å². The van der Waals surface area contributed by atoms with Crippen molar-refractivity contribution in [2.24, 2.45) is 11.5 Å². The Morgan fingerprint density at radius 2 is 2.20 bits per heavy atom. The minimum Gasteiger partial charge on any atom is -0.403 e. The summed E-state index contributed by atoms with van der Waals surface area (Å²) in [7, 11) is 0. The molecular formula is C7H9N3. The van der Waals surface area contributed by atoms with Gasteiger partial charge in [0.05, 0.1) is 11.3 Å². The molecule has 0 heterocycles. The van der Waals surface area contributed by atoms with Crippen molar-refractivity contribution >= 4 is 0 Å². The van der Waals surface area contributed by atoms with Gasteiger partial charge >= 0.3 is 0 Å². The zero-order valence-electron chi connectivity index (χ0n) is 5.59. The Bertz CT molecular complexity index is 236. The second-order valence-electron chi connectivity index (χ2n) is 2.21. The van der Waals surface area contributed by atoms with E-state index in [0.717, 1.165) is 18.4 Å². The number of nitrogens with two attached hydrogens (primary N) is 2. The molecule has 0 aromatic heterocycles. The second-order valence-corrected chi connectivity index (χ2v) is 2.21. The van der Waals surface area contributed by atoms with Crippen LogP contribution in [0.3, 0.4) is 0 Å². The highest BCUT2D eigenvalue weighted by Crippen LogP contribution is 2.31. The fourth-order valence-electron chi connectivity index (χ4n) is 0.710. The van der Waals surface area contributed by atoms with Crippen molar-refractivity contribution in [3.8, 4) is 6.07 Å². The number of rotatable bonds is 1. The molecule has 1 aliphatic carbocycles. The van der Waals surface area contributed by atoms with E-state index in [0.29, 0.717) is 11.3 Å². The summed E-state index contributed by atoms with van der Waals surface area (Å²) in [6.45, 7) is 0. The van der Waals surface area contributed by atoms with E-state index in [1.807, 2.05) is 6.07 Å². The Balaban J connectivity index is 2.84. The zero-order valence-corrected chi connectivity index (χ0v) is 5.59. The minimum absolute atomic E-state index is 0.396. The highest BCUT2D eigenvalue weighted by molar-refractivity contribution is 5.45. The van der Waals surface area contributed by atoms with Crippen molar-refractivity contribution < 1.29 is 0 Å². The summed E-state index contributed by atoms with van der Waals surface area (Å²) in [5.41, 5.74) is 12.8. The van der Waals surface area contributed by atoms with Gasteiger partial charge in [0.15, 0.2) is 0 Å². The maximum atomic E-state index is 8.46. The largest absolute Gasteiger partial charge is 0.403 e. The molecule has 0 aromatic carbocycles. The van der Waals surface area contributed by atoms with Gasteiger partial charge in [-0.2, -0.15) is 5.26 Å². The Labute approximate surface area is 59.6 Å². The van der Waals surface area contributed by atoms with E-state index in [4.69, 9.17) is 16.7 Å². The van der Waals surface area contributed by atoms with Crippen molar-refractivity contribution in [3.05, 3.63) is 23.0 Å². The Morgan fingerprint density at radius 1 is 1.60 bits per heavy atom. The summed E-state index contributed by atoms with van der Waals surface area (Å²) >= 11 is 0. The number of nitrogens with zero attached hydrogens (tertiary/aromatic N) is 1. The molecule has 1 rings (SSSR count). The summed E-state index contributed by atoms with van der Waals surface area (Å²) < 4.78 is 0. The molecule has 0 bridgehead atoms. The standard InChI is InChI=1S/C7H9N3/c8-3-6(4-9)7(10)5-1-2-5/h3H,1-2,8,10H2/b6-3+. The van der Waals surface area contributed by atoms with Crippen LogP contribution in [0, 0.1) is 11.3 Å². The summed E-state index contributed by atoms with van der Waals surface area (Å²) in [6, 6.07) is 1.93. The molecule has 1 saturated carbocycles. The van der Waals surface area contributed by atoms with Crippen molar-refractivity contribution in [1.29, 1.82) is 5.26 Å².